The maximum absolute atomic E-state index is 10.8. The Hall–Kier alpha value is -2.03. The number of rotatable bonds is 4. The molecule has 9 heteroatoms. The highest BCUT2D eigenvalue weighted by atomic mass is 35.5. The van der Waals surface area contributed by atoms with E-state index in [9.17, 15) is 10.1 Å². The molecule has 0 saturated heterocycles. The SMILES string of the molecule is O=[N+]([O-])c1ccc2sc(SCc3cc4c(cc3Cl)OCO4)nc2c1. The van der Waals surface area contributed by atoms with E-state index in [0.29, 0.717) is 27.8 Å². The first kappa shape index (κ1) is 15.5. The second-order valence-corrected chi connectivity index (χ2v) is 7.63. The van der Waals surface area contributed by atoms with E-state index in [1.807, 2.05) is 6.07 Å². The molecule has 0 fully saturated rings. The fraction of sp³-hybridized carbons (Fsp3) is 0.133. The first-order chi connectivity index (χ1) is 11.6. The summed E-state index contributed by atoms with van der Waals surface area (Å²) >= 11 is 9.30. The fourth-order valence-corrected chi connectivity index (χ4v) is 4.62. The molecule has 0 radical (unpaired) electrons. The molecule has 0 unspecified atom stereocenters. The second-order valence-electron chi connectivity index (χ2n) is 4.97. The predicted molar refractivity (Wildman–Crippen MR) is 93.4 cm³/mol. The summed E-state index contributed by atoms with van der Waals surface area (Å²) in [5.74, 6) is 1.97. The number of hydrogen-bond donors (Lipinski definition) is 0. The van der Waals surface area contributed by atoms with Crippen LogP contribution in [0.3, 0.4) is 0 Å². The highest BCUT2D eigenvalue weighted by Crippen LogP contribution is 2.40. The van der Waals surface area contributed by atoms with Crippen LogP contribution in [0.2, 0.25) is 5.02 Å². The van der Waals surface area contributed by atoms with Gasteiger partial charge in [0.25, 0.3) is 5.69 Å². The van der Waals surface area contributed by atoms with Gasteiger partial charge in [-0.15, -0.1) is 11.3 Å². The van der Waals surface area contributed by atoms with Crippen LogP contribution in [0.5, 0.6) is 11.5 Å². The largest absolute Gasteiger partial charge is 0.454 e. The lowest BCUT2D eigenvalue weighted by Gasteiger charge is -2.04. The van der Waals surface area contributed by atoms with Gasteiger partial charge in [0.1, 0.15) is 0 Å². The number of halogens is 1. The summed E-state index contributed by atoms with van der Waals surface area (Å²) in [7, 11) is 0. The standard InChI is InChI=1S/C15H9ClN2O4S2/c16-10-5-13-12(21-7-22-13)3-8(10)6-23-15-17-11-4-9(18(19)20)1-2-14(11)24-15/h1-5H,6-7H2. The lowest BCUT2D eigenvalue weighted by atomic mass is 10.2. The van der Waals surface area contributed by atoms with Crippen molar-refractivity contribution >= 4 is 50.6 Å². The summed E-state index contributed by atoms with van der Waals surface area (Å²) in [5.41, 5.74) is 1.60. The van der Waals surface area contributed by atoms with Gasteiger partial charge in [0.05, 0.1) is 15.1 Å². The minimum Gasteiger partial charge on any atom is -0.454 e. The number of fused-ring (bicyclic) bond motifs is 2. The molecular formula is C15H9ClN2O4S2. The summed E-state index contributed by atoms with van der Waals surface area (Å²) in [6.07, 6.45) is 0. The first-order valence-corrected chi connectivity index (χ1v) is 9.04. The van der Waals surface area contributed by atoms with E-state index in [2.05, 4.69) is 4.98 Å². The zero-order valence-electron chi connectivity index (χ0n) is 12.0. The van der Waals surface area contributed by atoms with Crippen molar-refractivity contribution in [3.63, 3.8) is 0 Å². The number of thiazole rings is 1. The van der Waals surface area contributed by atoms with Gasteiger partial charge in [-0.05, 0) is 17.7 Å². The van der Waals surface area contributed by atoms with Crippen molar-refractivity contribution in [1.29, 1.82) is 0 Å². The monoisotopic (exact) mass is 380 g/mol. The maximum atomic E-state index is 10.8. The van der Waals surface area contributed by atoms with Crippen molar-refractivity contribution in [1.82, 2.24) is 4.98 Å². The van der Waals surface area contributed by atoms with Crippen LogP contribution in [-0.4, -0.2) is 16.7 Å². The summed E-state index contributed by atoms with van der Waals surface area (Å²) in [4.78, 5) is 14.9. The average molecular weight is 381 g/mol. The molecule has 0 spiro atoms. The molecule has 2 aromatic carbocycles. The molecule has 4 rings (SSSR count). The lowest BCUT2D eigenvalue weighted by Crippen LogP contribution is -1.92. The van der Waals surface area contributed by atoms with Gasteiger partial charge in [0.15, 0.2) is 15.8 Å². The van der Waals surface area contributed by atoms with E-state index < -0.39 is 4.92 Å². The number of thioether (sulfide) groups is 1. The van der Waals surface area contributed by atoms with Crippen LogP contribution >= 0.6 is 34.7 Å². The summed E-state index contributed by atoms with van der Waals surface area (Å²) in [6.45, 7) is 0.207. The number of benzene rings is 2. The average Bonchev–Trinajstić information content (AvgIpc) is 3.17. The number of nitro groups is 1. The Morgan fingerprint density at radius 3 is 2.88 bits per heavy atom. The normalized spacial score (nSPS) is 12.7. The van der Waals surface area contributed by atoms with Gasteiger partial charge in [-0.3, -0.25) is 10.1 Å². The van der Waals surface area contributed by atoms with Crippen LogP contribution in [0.4, 0.5) is 5.69 Å². The van der Waals surface area contributed by atoms with Gasteiger partial charge in [-0.2, -0.15) is 0 Å². The van der Waals surface area contributed by atoms with Crippen LogP contribution in [0.25, 0.3) is 10.2 Å². The summed E-state index contributed by atoms with van der Waals surface area (Å²) < 4.78 is 12.4. The lowest BCUT2D eigenvalue weighted by molar-refractivity contribution is -0.384. The minimum atomic E-state index is -0.419. The first-order valence-electron chi connectivity index (χ1n) is 6.86. The van der Waals surface area contributed by atoms with E-state index in [1.54, 1.807) is 12.1 Å². The van der Waals surface area contributed by atoms with Crippen molar-refractivity contribution in [3.05, 3.63) is 51.0 Å². The van der Waals surface area contributed by atoms with E-state index >= 15 is 0 Å². The van der Waals surface area contributed by atoms with Gasteiger partial charge >= 0.3 is 0 Å². The van der Waals surface area contributed by atoms with E-state index in [-0.39, 0.29) is 12.5 Å². The van der Waals surface area contributed by atoms with Gasteiger partial charge < -0.3 is 9.47 Å². The number of non-ortho nitro benzene ring substituents is 1. The van der Waals surface area contributed by atoms with Crippen LogP contribution in [0.1, 0.15) is 5.56 Å². The zero-order chi connectivity index (χ0) is 16.7. The van der Waals surface area contributed by atoms with Gasteiger partial charge in [-0.1, -0.05) is 23.4 Å². The molecule has 6 nitrogen and oxygen atoms in total. The van der Waals surface area contributed by atoms with Crippen molar-refractivity contribution in [2.45, 2.75) is 10.1 Å². The molecule has 0 atom stereocenters. The molecule has 0 aliphatic carbocycles. The highest BCUT2D eigenvalue weighted by molar-refractivity contribution is 8.00. The molecule has 122 valence electrons. The molecule has 2 heterocycles. The Kier molecular flexibility index (Phi) is 3.95. The van der Waals surface area contributed by atoms with Crippen LogP contribution in [0, 0.1) is 10.1 Å². The maximum Gasteiger partial charge on any atom is 0.271 e. The molecule has 0 N–H and O–H groups in total. The Morgan fingerprint density at radius 2 is 2.08 bits per heavy atom. The topological polar surface area (TPSA) is 74.5 Å². The molecule has 1 aliphatic heterocycles. The van der Waals surface area contributed by atoms with Gasteiger partial charge in [-0.25, -0.2) is 4.98 Å². The summed E-state index contributed by atoms with van der Waals surface area (Å²) in [6, 6.07) is 8.33. The number of hydrogen-bond acceptors (Lipinski definition) is 7. The van der Waals surface area contributed by atoms with Gasteiger partial charge in [0, 0.05) is 29.0 Å². The fourth-order valence-electron chi connectivity index (χ4n) is 2.28. The third-order valence-corrected chi connectivity index (χ3v) is 6.04. The Balaban J connectivity index is 1.56. The van der Waals surface area contributed by atoms with Crippen molar-refractivity contribution < 1.29 is 14.4 Å². The predicted octanol–water partition coefficient (Wildman–Crippen LogP) is 4.88. The van der Waals surface area contributed by atoms with Crippen molar-refractivity contribution in [2.24, 2.45) is 0 Å². The molecule has 0 bridgehead atoms. The third-order valence-electron chi connectivity index (χ3n) is 3.46. The molecule has 24 heavy (non-hydrogen) atoms. The number of aromatic nitrogens is 1. The zero-order valence-corrected chi connectivity index (χ0v) is 14.4. The van der Waals surface area contributed by atoms with Crippen LogP contribution in [-0.2, 0) is 5.75 Å². The van der Waals surface area contributed by atoms with E-state index in [4.69, 9.17) is 21.1 Å². The highest BCUT2D eigenvalue weighted by Gasteiger charge is 2.17. The molecule has 1 aromatic heterocycles. The van der Waals surface area contributed by atoms with Crippen molar-refractivity contribution in [3.8, 4) is 11.5 Å². The molecule has 0 saturated carbocycles. The van der Waals surface area contributed by atoms with Crippen LogP contribution < -0.4 is 9.47 Å². The Bertz CT molecular complexity index is 960. The number of nitro benzene ring substituents is 1. The minimum absolute atomic E-state index is 0.0446. The van der Waals surface area contributed by atoms with E-state index in [1.165, 1.54) is 35.2 Å². The number of ether oxygens (including phenoxy) is 2. The Labute approximate surface area is 149 Å². The third kappa shape index (κ3) is 2.88. The van der Waals surface area contributed by atoms with E-state index in [0.717, 1.165) is 14.6 Å². The second kappa shape index (κ2) is 6.12. The Morgan fingerprint density at radius 1 is 1.29 bits per heavy atom. The molecule has 3 aromatic rings. The van der Waals surface area contributed by atoms with Gasteiger partial charge in [0.2, 0.25) is 6.79 Å². The smallest absolute Gasteiger partial charge is 0.271 e. The quantitative estimate of drug-likeness (QED) is 0.365. The number of nitrogens with zero attached hydrogens (tertiary/aromatic N) is 2. The van der Waals surface area contributed by atoms with Crippen LogP contribution in [0.15, 0.2) is 34.7 Å². The molecular weight excluding hydrogens is 372 g/mol. The van der Waals surface area contributed by atoms with Crippen molar-refractivity contribution in [2.75, 3.05) is 6.79 Å². The summed E-state index contributed by atoms with van der Waals surface area (Å²) in [5, 5.41) is 11.4. The molecule has 1 aliphatic rings. The molecule has 0 amide bonds.